The average Bonchev–Trinajstić information content (AvgIpc) is 2.36. The standard InChI is InChI=1S/C15H23N3O/c1-11(19)14-6-5-13(8-15(14)16)17-9-12-4-3-7-18(2)10-12/h5-6,8,12,17H,3-4,7,9-10,16H2,1-2H3. The molecule has 4 heteroatoms. The monoisotopic (exact) mass is 261 g/mol. The lowest BCUT2D eigenvalue weighted by Gasteiger charge is -2.30. The molecule has 0 amide bonds. The van der Waals surface area contributed by atoms with E-state index in [2.05, 4.69) is 17.3 Å². The predicted octanol–water partition coefficient (Wildman–Crippen LogP) is 2.23. The van der Waals surface area contributed by atoms with Gasteiger partial charge in [-0.3, -0.25) is 4.79 Å². The van der Waals surface area contributed by atoms with Crippen LogP contribution >= 0.6 is 0 Å². The van der Waals surface area contributed by atoms with Crippen LogP contribution in [-0.4, -0.2) is 37.4 Å². The van der Waals surface area contributed by atoms with Crippen molar-refractivity contribution in [2.75, 3.05) is 37.7 Å². The van der Waals surface area contributed by atoms with Gasteiger partial charge in [0.05, 0.1) is 0 Å². The average molecular weight is 261 g/mol. The maximum absolute atomic E-state index is 11.3. The van der Waals surface area contributed by atoms with Gasteiger partial charge in [0.15, 0.2) is 5.78 Å². The van der Waals surface area contributed by atoms with Crippen molar-refractivity contribution in [3.8, 4) is 0 Å². The first-order valence-corrected chi connectivity index (χ1v) is 6.89. The third-order valence-corrected chi connectivity index (χ3v) is 3.75. The molecule has 3 N–H and O–H groups in total. The summed E-state index contributed by atoms with van der Waals surface area (Å²) in [6, 6.07) is 5.58. The molecule has 1 aliphatic rings. The van der Waals surface area contributed by atoms with E-state index in [4.69, 9.17) is 5.73 Å². The molecular weight excluding hydrogens is 238 g/mol. The second-order valence-corrected chi connectivity index (χ2v) is 5.51. The van der Waals surface area contributed by atoms with Gasteiger partial charge in [-0.05, 0) is 57.5 Å². The van der Waals surface area contributed by atoms with Gasteiger partial charge >= 0.3 is 0 Å². The van der Waals surface area contributed by atoms with Crippen molar-refractivity contribution in [3.05, 3.63) is 23.8 Å². The summed E-state index contributed by atoms with van der Waals surface area (Å²) in [5.41, 5.74) is 8.03. The quantitative estimate of drug-likeness (QED) is 0.644. The lowest BCUT2D eigenvalue weighted by molar-refractivity contribution is 0.101. The fourth-order valence-electron chi connectivity index (χ4n) is 2.70. The zero-order valence-corrected chi connectivity index (χ0v) is 11.8. The van der Waals surface area contributed by atoms with Crippen molar-refractivity contribution in [3.63, 3.8) is 0 Å². The summed E-state index contributed by atoms with van der Waals surface area (Å²) in [6.07, 6.45) is 2.55. The van der Waals surface area contributed by atoms with Crippen LogP contribution in [0.1, 0.15) is 30.1 Å². The van der Waals surface area contributed by atoms with Crippen molar-refractivity contribution in [1.82, 2.24) is 4.90 Å². The normalized spacial score (nSPS) is 20.2. The number of Topliss-reactive ketones (excluding diaryl/α,β-unsaturated/α-hetero) is 1. The Balaban J connectivity index is 1.92. The van der Waals surface area contributed by atoms with Gasteiger partial charge in [-0.25, -0.2) is 0 Å². The van der Waals surface area contributed by atoms with Crippen molar-refractivity contribution >= 4 is 17.2 Å². The van der Waals surface area contributed by atoms with Crippen LogP contribution in [0.25, 0.3) is 0 Å². The third kappa shape index (κ3) is 3.70. The number of nitrogen functional groups attached to an aromatic ring is 1. The number of carbonyl (C=O) groups is 1. The number of rotatable bonds is 4. The number of hydrogen-bond donors (Lipinski definition) is 2. The van der Waals surface area contributed by atoms with Crippen molar-refractivity contribution in [1.29, 1.82) is 0 Å². The van der Waals surface area contributed by atoms with Crippen LogP contribution in [0.4, 0.5) is 11.4 Å². The number of ketones is 1. The second kappa shape index (κ2) is 6.06. The van der Waals surface area contributed by atoms with Gasteiger partial charge in [0.1, 0.15) is 0 Å². The summed E-state index contributed by atoms with van der Waals surface area (Å²) < 4.78 is 0. The van der Waals surface area contributed by atoms with Gasteiger partial charge in [0, 0.05) is 30.0 Å². The lowest BCUT2D eigenvalue weighted by Crippen LogP contribution is -2.35. The largest absolute Gasteiger partial charge is 0.398 e. The van der Waals surface area contributed by atoms with Gasteiger partial charge in [0.25, 0.3) is 0 Å². The van der Waals surface area contributed by atoms with E-state index in [0.717, 1.165) is 18.8 Å². The van der Waals surface area contributed by atoms with E-state index >= 15 is 0 Å². The molecule has 1 atom stereocenters. The van der Waals surface area contributed by atoms with Crippen molar-refractivity contribution in [2.24, 2.45) is 5.92 Å². The molecule has 1 aromatic rings. The summed E-state index contributed by atoms with van der Waals surface area (Å²) in [4.78, 5) is 13.7. The van der Waals surface area contributed by atoms with Gasteiger partial charge in [-0.2, -0.15) is 0 Å². The number of nitrogens with one attached hydrogen (secondary N) is 1. The number of benzene rings is 1. The van der Waals surface area contributed by atoms with Crippen molar-refractivity contribution in [2.45, 2.75) is 19.8 Å². The Bertz CT molecular complexity index is 459. The van der Waals surface area contributed by atoms with Crippen LogP contribution in [0.15, 0.2) is 18.2 Å². The molecule has 1 aromatic carbocycles. The summed E-state index contributed by atoms with van der Waals surface area (Å²) in [5, 5.41) is 3.42. The molecule has 1 heterocycles. The van der Waals surface area contributed by atoms with Crippen LogP contribution < -0.4 is 11.1 Å². The molecule has 2 rings (SSSR count). The van der Waals surface area contributed by atoms with Gasteiger partial charge in [-0.1, -0.05) is 0 Å². The van der Waals surface area contributed by atoms with Gasteiger partial charge < -0.3 is 16.0 Å². The molecule has 1 saturated heterocycles. The number of anilines is 2. The first-order valence-electron chi connectivity index (χ1n) is 6.89. The van der Waals surface area contributed by atoms with Gasteiger partial charge in [-0.15, -0.1) is 0 Å². The second-order valence-electron chi connectivity index (χ2n) is 5.51. The Morgan fingerprint density at radius 1 is 1.53 bits per heavy atom. The number of nitrogens with two attached hydrogens (primary N) is 1. The third-order valence-electron chi connectivity index (χ3n) is 3.75. The smallest absolute Gasteiger partial charge is 0.161 e. The summed E-state index contributed by atoms with van der Waals surface area (Å²) in [6.45, 7) is 4.85. The van der Waals surface area contributed by atoms with E-state index in [0.29, 0.717) is 17.2 Å². The van der Waals surface area contributed by atoms with Crippen LogP contribution in [0.5, 0.6) is 0 Å². The highest BCUT2D eigenvalue weighted by atomic mass is 16.1. The highest BCUT2D eigenvalue weighted by Gasteiger charge is 2.16. The summed E-state index contributed by atoms with van der Waals surface area (Å²) in [7, 11) is 2.17. The number of piperidine rings is 1. The summed E-state index contributed by atoms with van der Waals surface area (Å²) >= 11 is 0. The minimum atomic E-state index is 0.0120. The zero-order valence-electron chi connectivity index (χ0n) is 11.8. The molecule has 0 radical (unpaired) electrons. The first kappa shape index (κ1) is 13.9. The topological polar surface area (TPSA) is 58.4 Å². The maximum Gasteiger partial charge on any atom is 0.161 e. The fourth-order valence-corrected chi connectivity index (χ4v) is 2.70. The molecule has 0 aliphatic carbocycles. The molecular formula is C15H23N3O. The Labute approximate surface area is 115 Å². The number of nitrogens with zero attached hydrogens (tertiary/aromatic N) is 1. The molecule has 4 nitrogen and oxygen atoms in total. The Morgan fingerprint density at radius 3 is 2.95 bits per heavy atom. The van der Waals surface area contributed by atoms with Crippen LogP contribution in [0, 0.1) is 5.92 Å². The molecule has 0 spiro atoms. The number of likely N-dealkylation sites (tertiary alicyclic amines) is 1. The molecule has 0 saturated carbocycles. The van der Waals surface area contributed by atoms with Crippen molar-refractivity contribution < 1.29 is 4.79 Å². The van der Waals surface area contributed by atoms with Gasteiger partial charge in [0.2, 0.25) is 0 Å². The highest BCUT2D eigenvalue weighted by Crippen LogP contribution is 2.20. The van der Waals surface area contributed by atoms with E-state index in [-0.39, 0.29) is 5.78 Å². The first-order chi connectivity index (χ1) is 9.06. The molecule has 0 aromatic heterocycles. The molecule has 104 valence electrons. The molecule has 1 unspecified atom stereocenters. The van der Waals surface area contributed by atoms with E-state index in [1.807, 2.05) is 12.1 Å². The van der Waals surface area contributed by atoms with Crippen LogP contribution in [0.3, 0.4) is 0 Å². The minimum Gasteiger partial charge on any atom is -0.398 e. The number of carbonyl (C=O) groups excluding carboxylic acids is 1. The van der Waals surface area contributed by atoms with E-state index in [1.54, 1.807) is 6.07 Å². The minimum absolute atomic E-state index is 0.0120. The van der Waals surface area contributed by atoms with E-state index in [1.165, 1.54) is 26.3 Å². The van der Waals surface area contributed by atoms with E-state index in [9.17, 15) is 4.79 Å². The SMILES string of the molecule is CC(=O)c1ccc(NCC2CCCN(C)C2)cc1N. The molecule has 1 fully saturated rings. The predicted molar refractivity (Wildman–Crippen MR) is 79.6 cm³/mol. The highest BCUT2D eigenvalue weighted by molar-refractivity contribution is 5.99. The fraction of sp³-hybridized carbons (Fsp3) is 0.533. The molecule has 0 bridgehead atoms. The zero-order chi connectivity index (χ0) is 13.8. The Hall–Kier alpha value is -1.55. The maximum atomic E-state index is 11.3. The molecule has 19 heavy (non-hydrogen) atoms. The van der Waals surface area contributed by atoms with E-state index < -0.39 is 0 Å². The number of hydrogen-bond acceptors (Lipinski definition) is 4. The Kier molecular flexibility index (Phi) is 4.43. The molecule has 1 aliphatic heterocycles. The summed E-state index contributed by atoms with van der Waals surface area (Å²) in [5.74, 6) is 0.699. The van der Waals surface area contributed by atoms with Crippen LogP contribution in [-0.2, 0) is 0 Å². The van der Waals surface area contributed by atoms with Crippen LogP contribution in [0.2, 0.25) is 0 Å². The Morgan fingerprint density at radius 2 is 2.32 bits per heavy atom. The lowest BCUT2D eigenvalue weighted by atomic mass is 9.98.